The number of thioether (sulfide) groups is 1. The standard InChI is InChI=1S/C21H19FN2O4S/c1-13-18(14(2)28-24-13)12-29-19-6-4-3-5-17(19)21(26)27-11-20(25)23-16-9-7-15(22)8-10-16/h3-10H,11-12H2,1-2H3,(H,23,25). The predicted octanol–water partition coefficient (Wildman–Crippen LogP) is 4.52. The molecule has 0 saturated carbocycles. The van der Waals surface area contributed by atoms with Crippen LogP contribution >= 0.6 is 11.8 Å². The zero-order valence-electron chi connectivity index (χ0n) is 15.9. The molecule has 1 heterocycles. The molecule has 0 bridgehead atoms. The van der Waals surface area contributed by atoms with Crippen molar-refractivity contribution < 1.29 is 23.2 Å². The number of carbonyl (C=O) groups excluding carboxylic acids is 2. The fourth-order valence-electron chi connectivity index (χ4n) is 2.56. The highest BCUT2D eigenvalue weighted by Crippen LogP contribution is 2.29. The summed E-state index contributed by atoms with van der Waals surface area (Å²) < 4.78 is 23.2. The smallest absolute Gasteiger partial charge is 0.339 e. The van der Waals surface area contributed by atoms with Gasteiger partial charge in [0.2, 0.25) is 0 Å². The molecule has 0 unspecified atom stereocenters. The molecule has 29 heavy (non-hydrogen) atoms. The Hall–Kier alpha value is -3.13. The lowest BCUT2D eigenvalue weighted by molar-refractivity contribution is -0.119. The molecule has 3 aromatic rings. The summed E-state index contributed by atoms with van der Waals surface area (Å²) in [6, 6.07) is 12.3. The Bertz CT molecular complexity index is 998. The lowest BCUT2D eigenvalue weighted by atomic mass is 10.2. The molecule has 1 amide bonds. The van der Waals surface area contributed by atoms with E-state index in [2.05, 4.69) is 10.5 Å². The first-order valence-corrected chi connectivity index (χ1v) is 9.78. The minimum absolute atomic E-state index is 0.374. The van der Waals surface area contributed by atoms with Crippen LogP contribution in [0.3, 0.4) is 0 Å². The molecule has 0 saturated heterocycles. The van der Waals surface area contributed by atoms with Gasteiger partial charge >= 0.3 is 5.97 Å². The van der Waals surface area contributed by atoms with Crippen molar-refractivity contribution in [1.82, 2.24) is 5.16 Å². The van der Waals surface area contributed by atoms with Crippen molar-refractivity contribution in [3.8, 4) is 0 Å². The number of esters is 1. The Morgan fingerprint density at radius 2 is 1.86 bits per heavy atom. The second kappa shape index (κ2) is 9.38. The van der Waals surface area contributed by atoms with E-state index in [4.69, 9.17) is 9.26 Å². The molecule has 0 atom stereocenters. The largest absolute Gasteiger partial charge is 0.452 e. The van der Waals surface area contributed by atoms with E-state index in [1.165, 1.54) is 36.0 Å². The third-order valence-electron chi connectivity index (χ3n) is 4.12. The van der Waals surface area contributed by atoms with Gasteiger partial charge in [0.25, 0.3) is 5.91 Å². The third-order valence-corrected chi connectivity index (χ3v) is 5.22. The van der Waals surface area contributed by atoms with Crippen molar-refractivity contribution in [2.24, 2.45) is 0 Å². The summed E-state index contributed by atoms with van der Waals surface area (Å²) in [4.78, 5) is 25.2. The molecule has 0 radical (unpaired) electrons. The van der Waals surface area contributed by atoms with Crippen LogP contribution in [0.4, 0.5) is 10.1 Å². The topological polar surface area (TPSA) is 81.4 Å². The number of aromatic nitrogens is 1. The molecule has 1 N–H and O–H groups in total. The number of rotatable bonds is 7. The van der Waals surface area contributed by atoms with Gasteiger partial charge in [0.15, 0.2) is 6.61 Å². The van der Waals surface area contributed by atoms with Crippen LogP contribution in [0.25, 0.3) is 0 Å². The molecule has 1 aromatic heterocycles. The number of hydrogen-bond donors (Lipinski definition) is 1. The molecular weight excluding hydrogens is 395 g/mol. The van der Waals surface area contributed by atoms with Gasteiger partial charge in [-0.2, -0.15) is 0 Å². The number of amides is 1. The van der Waals surface area contributed by atoms with Gasteiger partial charge in [-0.15, -0.1) is 11.8 Å². The van der Waals surface area contributed by atoms with Gasteiger partial charge in [-0.25, -0.2) is 9.18 Å². The van der Waals surface area contributed by atoms with Crippen molar-refractivity contribution in [2.45, 2.75) is 24.5 Å². The van der Waals surface area contributed by atoms with Crippen LogP contribution in [0.15, 0.2) is 57.9 Å². The zero-order valence-corrected chi connectivity index (χ0v) is 16.7. The molecule has 6 nitrogen and oxygen atoms in total. The highest BCUT2D eigenvalue weighted by atomic mass is 32.2. The highest BCUT2D eigenvalue weighted by molar-refractivity contribution is 7.98. The van der Waals surface area contributed by atoms with Gasteiger partial charge in [0, 0.05) is 21.9 Å². The first-order chi connectivity index (χ1) is 13.9. The summed E-state index contributed by atoms with van der Waals surface area (Å²) in [5.74, 6) is -0.171. The molecule has 3 rings (SSSR count). The van der Waals surface area contributed by atoms with Gasteiger partial charge < -0.3 is 14.6 Å². The Labute approximate surface area is 171 Å². The lowest BCUT2D eigenvalue weighted by Crippen LogP contribution is -2.21. The summed E-state index contributed by atoms with van der Waals surface area (Å²) in [6.07, 6.45) is 0. The van der Waals surface area contributed by atoms with E-state index in [9.17, 15) is 14.0 Å². The zero-order chi connectivity index (χ0) is 20.8. The van der Waals surface area contributed by atoms with Crippen LogP contribution in [-0.2, 0) is 15.3 Å². The van der Waals surface area contributed by atoms with Gasteiger partial charge in [-0.1, -0.05) is 17.3 Å². The number of anilines is 1. The van der Waals surface area contributed by atoms with Crippen LogP contribution in [0.2, 0.25) is 0 Å². The molecular formula is C21H19FN2O4S. The minimum atomic E-state index is -0.596. The average molecular weight is 414 g/mol. The summed E-state index contributed by atoms with van der Waals surface area (Å²) in [5.41, 5.74) is 2.59. The fraction of sp³-hybridized carbons (Fsp3) is 0.190. The Balaban J connectivity index is 1.59. The maximum absolute atomic E-state index is 12.9. The fourth-order valence-corrected chi connectivity index (χ4v) is 3.75. The van der Waals surface area contributed by atoms with Crippen LogP contribution in [0.5, 0.6) is 0 Å². The number of nitrogens with zero attached hydrogens (tertiary/aromatic N) is 1. The second-order valence-electron chi connectivity index (χ2n) is 6.22. The normalized spacial score (nSPS) is 10.6. The quantitative estimate of drug-likeness (QED) is 0.452. The number of nitrogens with one attached hydrogen (secondary N) is 1. The maximum Gasteiger partial charge on any atom is 0.339 e. The number of halogens is 1. The minimum Gasteiger partial charge on any atom is -0.452 e. The number of aryl methyl sites for hydroxylation is 2. The van der Waals surface area contributed by atoms with Crippen molar-refractivity contribution in [2.75, 3.05) is 11.9 Å². The van der Waals surface area contributed by atoms with Gasteiger partial charge in [-0.3, -0.25) is 4.79 Å². The van der Waals surface area contributed by atoms with Crippen LogP contribution in [0, 0.1) is 19.7 Å². The average Bonchev–Trinajstić information content (AvgIpc) is 3.04. The van der Waals surface area contributed by atoms with Crippen molar-refractivity contribution in [1.29, 1.82) is 0 Å². The molecule has 2 aromatic carbocycles. The summed E-state index contributed by atoms with van der Waals surface area (Å²) >= 11 is 1.46. The first kappa shape index (κ1) is 20.6. The molecule has 0 aliphatic heterocycles. The summed E-state index contributed by atoms with van der Waals surface area (Å²) in [7, 11) is 0. The monoisotopic (exact) mass is 414 g/mol. The SMILES string of the molecule is Cc1noc(C)c1CSc1ccccc1C(=O)OCC(=O)Nc1ccc(F)cc1. The van der Waals surface area contributed by atoms with E-state index in [-0.39, 0.29) is 0 Å². The number of hydrogen-bond acceptors (Lipinski definition) is 6. The Kier molecular flexibility index (Phi) is 6.66. The van der Waals surface area contributed by atoms with Crippen molar-refractivity contribution in [3.05, 3.63) is 76.9 Å². The van der Waals surface area contributed by atoms with Crippen LogP contribution < -0.4 is 5.32 Å². The van der Waals surface area contributed by atoms with E-state index in [1.807, 2.05) is 26.0 Å². The summed E-state index contributed by atoms with van der Waals surface area (Å²) in [6.45, 7) is 3.27. The molecule has 8 heteroatoms. The highest BCUT2D eigenvalue weighted by Gasteiger charge is 2.16. The molecule has 0 aliphatic carbocycles. The lowest BCUT2D eigenvalue weighted by Gasteiger charge is -2.10. The Morgan fingerprint density at radius 1 is 1.14 bits per heavy atom. The van der Waals surface area contributed by atoms with Crippen LogP contribution in [0.1, 0.15) is 27.4 Å². The molecule has 0 spiro atoms. The number of carbonyl (C=O) groups is 2. The van der Waals surface area contributed by atoms with E-state index >= 15 is 0 Å². The molecule has 150 valence electrons. The van der Waals surface area contributed by atoms with Gasteiger partial charge in [0.1, 0.15) is 11.6 Å². The predicted molar refractivity (Wildman–Crippen MR) is 107 cm³/mol. The maximum atomic E-state index is 12.9. The Morgan fingerprint density at radius 3 is 2.55 bits per heavy atom. The van der Waals surface area contributed by atoms with Gasteiger partial charge in [0.05, 0.1) is 11.3 Å². The van der Waals surface area contributed by atoms with Crippen LogP contribution in [-0.4, -0.2) is 23.6 Å². The summed E-state index contributed by atoms with van der Waals surface area (Å²) in [5, 5.41) is 6.47. The van der Waals surface area contributed by atoms with E-state index in [1.54, 1.807) is 12.1 Å². The third kappa shape index (κ3) is 5.45. The molecule has 0 fully saturated rings. The van der Waals surface area contributed by atoms with E-state index in [0.717, 1.165) is 21.9 Å². The van der Waals surface area contributed by atoms with Crippen molar-refractivity contribution in [3.63, 3.8) is 0 Å². The molecule has 0 aliphatic rings. The first-order valence-electron chi connectivity index (χ1n) is 8.80. The number of benzene rings is 2. The second-order valence-corrected chi connectivity index (χ2v) is 7.24. The van der Waals surface area contributed by atoms with E-state index in [0.29, 0.717) is 17.0 Å². The van der Waals surface area contributed by atoms with E-state index < -0.39 is 24.3 Å². The van der Waals surface area contributed by atoms with Crippen molar-refractivity contribution >= 4 is 29.3 Å². The number of ether oxygens (including phenoxy) is 1. The van der Waals surface area contributed by atoms with Gasteiger partial charge in [-0.05, 0) is 50.2 Å².